The molecule has 0 radical (unpaired) electrons. The number of hydrogen-bond acceptors (Lipinski definition) is 2. The number of Topliss-reactive ketones (excluding diaryl/α,β-unsaturated/α-hetero) is 1. The lowest BCUT2D eigenvalue weighted by atomic mass is 10.1. The lowest BCUT2D eigenvalue weighted by molar-refractivity contribution is 0.0981. The number of aryl methyl sites for hydroxylation is 2. The lowest BCUT2D eigenvalue weighted by Crippen LogP contribution is -2.12. The van der Waals surface area contributed by atoms with Crippen LogP contribution in [0.3, 0.4) is 0 Å². The lowest BCUT2D eigenvalue weighted by Gasteiger charge is -2.05. The molecule has 0 unspecified atom stereocenters. The van der Waals surface area contributed by atoms with Gasteiger partial charge in [-0.3, -0.25) is 9.48 Å². The maximum Gasteiger partial charge on any atom is 0.185 e. The van der Waals surface area contributed by atoms with Crippen molar-refractivity contribution >= 4 is 17.4 Å². The Kier molecular flexibility index (Phi) is 4.00. The third-order valence-electron chi connectivity index (χ3n) is 2.85. The quantitative estimate of drug-likeness (QED) is 0.804. The van der Waals surface area contributed by atoms with Crippen molar-refractivity contribution in [2.24, 2.45) is 0 Å². The summed E-state index contributed by atoms with van der Waals surface area (Å²) in [7, 11) is 0. The Labute approximate surface area is 116 Å². The molecule has 2 rings (SSSR count). The zero-order valence-electron chi connectivity index (χ0n) is 10.8. The van der Waals surface area contributed by atoms with E-state index < -0.39 is 5.82 Å². The predicted octanol–water partition coefficient (Wildman–Crippen LogP) is 3.43. The van der Waals surface area contributed by atoms with Gasteiger partial charge in [-0.25, -0.2) is 4.39 Å². The van der Waals surface area contributed by atoms with Gasteiger partial charge in [-0.2, -0.15) is 5.10 Å². The molecule has 0 fully saturated rings. The molecule has 0 bridgehead atoms. The fourth-order valence-corrected chi connectivity index (χ4v) is 2.10. The number of hydrogen-bond donors (Lipinski definition) is 0. The molecule has 2 aromatic rings. The second kappa shape index (κ2) is 5.53. The summed E-state index contributed by atoms with van der Waals surface area (Å²) in [4.78, 5) is 12.2. The van der Waals surface area contributed by atoms with Crippen LogP contribution < -0.4 is 0 Å². The van der Waals surface area contributed by atoms with Gasteiger partial charge in [0.15, 0.2) is 5.78 Å². The van der Waals surface area contributed by atoms with Crippen LogP contribution in [0.5, 0.6) is 0 Å². The Morgan fingerprint density at radius 3 is 2.79 bits per heavy atom. The minimum Gasteiger partial charge on any atom is -0.292 e. The summed E-state index contributed by atoms with van der Waals surface area (Å²) in [5.41, 5.74) is 1.63. The smallest absolute Gasteiger partial charge is 0.185 e. The van der Waals surface area contributed by atoms with E-state index in [4.69, 9.17) is 11.6 Å². The molecule has 0 aliphatic carbocycles. The summed E-state index contributed by atoms with van der Waals surface area (Å²) in [6.07, 6.45) is 0.00807. The highest BCUT2D eigenvalue weighted by molar-refractivity contribution is 6.30. The van der Waals surface area contributed by atoms with Crippen molar-refractivity contribution in [2.45, 2.75) is 26.8 Å². The average molecular weight is 281 g/mol. The first kappa shape index (κ1) is 13.7. The summed E-state index contributed by atoms with van der Waals surface area (Å²) >= 11 is 5.68. The summed E-state index contributed by atoms with van der Waals surface area (Å²) in [5.74, 6) is -0.608. The Morgan fingerprint density at radius 1 is 1.42 bits per heavy atom. The first-order valence-electron chi connectivity index (χ1n) is 6.03. The highest BCUT2D eigenvalue weighted by Crippen LogP contribution is 2.17. The van der Waals surface area contributed by atoms with Crippen LogP contribution in [0, 0.1) is 12.7 Å². The minimum absolute atomic E-state index is 0.00807. The number of carbonyl (C=O) groups is 1. The zero-order valence-corrected chi connectivity index (χ0v) is 11.5. The minimum atomic E-state index is -0.458. The second-order valence-corrected chi connectivity index (χ2v) is 4.76. The van der Waals surface area contributed by atoms with Crippen molar-refractivity contribution in [3.8, 4) is 0 Å². The molecule has 19 heavy (non-hydrogen) atoms. The van der Waals surface area contributed by atoms with E-state index in [2.05, 4.69) is 5.10 Å². The molecule has 1 heterocycles. The van der Waals surface area contributed by atoms with Gasteiger partial charge in [-0.15, -0.1) is 0 Å². The van der Waals surface area contributed by atoms with Gasteiger partial charge in [0.2, 0.25) is 0 Å². The molecule has 1 aromatic carbocycles. The van der Waals surface area contributed by atoms with Crippen LogP contribution in [0.4, 0.5) is 4.39 Å². The van der Waals surface area contributed by atoms with Gasteiger partial charge in [0.05, 0.1) is 5.69 Å². The third-order valence-corrected chi connectivity index (χ3v) is 3.09. The number of rotatable bonds is 4. The van der Waals surface area contributed by atoms with Crippen molar-refractivity contribution in [1.82, 2.24) is 9.78 Å². The Morgan fingerprint density at radius 2 is 2.16 bits per heavy atom. The van der Waals surface area contributed by atoms with Crippen LogP contribution in [0.25, 0.3) is 0 Å². The molecule has 0 saturated carbocycles. The summed E-state index contributed by atoms with van der Waals surface area (Å²) in [6.45, 7) is 4.34. The maximum absolute atomic E-state index is 13.7. The molecular formula is C14H14ClFN2O. The molecule has 0 aliphatic heterocycles. The third kappa shape index (κ3) is 3.01. The first-order chi connectivity index (χ1) is 9.01. The largest absolute Gasteiger partial charge is 0.292 e. The normalized spacial score (nSPS) is 10.7. The number of carbonyl (C=O) groups excluding carboxylic acids is 1. The molecular weight excluding hydrogens is 267 g/mol. The van der Waals surface area contributed by atoms with Crippen molar-refractivity contribution in [2.75, 3.05) is 0 Å². The van der Waals surface area contributed by atoms with Gasteiger partial charge in [-0.1, -0.05) is 17.7 Å². The fraction of sp³-hybridized carbons (Fsp3) is 0.286. The molecule has 0 spiro atoms. The van der Waals surface area contributed by atoms with Crippen LogP contribution in [-0.2, 0) is 13.0 Å². The molecule has 5 heteroatoms. The number of nitrogens with zero attached hydrogens (tertiary/aromatic N) is 2. The monoisotopic (exact) mass is 280 g/mol. The second-order valence-electron chi connectivity index (χ2n) is 4.32. The molecule has 0 saturated heterocycles. The van der Waals surface area contributed by atoms with Gasteiger partial charge in [0, 0.05) is 18.0 Å². The van der Waals surface area contributed by atoms with Crippen molar-refractivity contribution < 1.29 is 9.18 Å². The SMILES string of the molecule is CCn1nc(C)cc1C(=O)Cc1ccc(Cl)cc1F. The van der Waals surface area contributed by atoms with Crippen molar-refractivity contribution in [3.05, 3.63) is 52.1 Å². The van der Waals surface area contributed by atoms with Crippen molar-refractivity contribution in [3.63, 3.8) is 0 Å². The van der Waals surface area contributed by atoms with Gasteiger partial charge in [-0.05, 0) is 37.6 Å². The number of benzene rings is 1. The number of ketones is 1. The van der Waals surface area contributed by atoms with Crippen LogP contribution in [0.1, 0.15) is 28.7 Å². The summed E-state index contributed by atoms with van der Waals surface area (Å²) in [5, 5.41) is 4.53. The molecule has 3 nitrogen and oxygen atoms in total. The zero-order chi connectivity index (χ0) is 14.0. The van der Waals surface area contributed by atoms with E-state index in [1.165, 1.54) is 12.1 Å². The standard InChI is InChI=1S/C14H14ClFN2O/c1-3-18-13(6-9(2)17-18)14(19)7-10-4-5-11(15)8-12(10)16/h4-6,8H,3,7H2,1-2H3. The van der Waals surface area contributed by atoms with Gasteiger partial charge in [0.1, 0.15) is 11.5 Å². The molecule has 1 aromatic heterocycles. The van der Waals surface area contributed by atoms with E-state index in [-0.39, 0.29) is 12.2 Å². The highest BCUT2D eigenvalue weighted by Gasteiger charge is 2.15. The maximum atomic E-state index is 13.7. The van der Waals surface area contributed by atoms with E-state index in [9.17, 15) is 9.18 Å². The molecule has 0 aliphatic rings. The van der Waals surface area contributed by atoms with Crippen LogP contribution >= 0.6 is 11.6 Å². The molecule has 100 valence electrons. The van der Waals surface area contributed by atoms with Crippen molar-refractivity contribution in [1.29, 1.82) is 0 Å². The molecule has 0 amide bonds. The number of halogens is 2. The average Bonchev–Trinajstić information content (AvgIpc) is 2.74. The van der Waals surface area contributed by atoms with Crippen LogP contribution in [-0.4, -0.2) is 15.6 Å². The predicted molar refractivity (Wildman–Crippen MR) is 72.1 cm³/mol. The van der Waals surface area contributed by atoms with E-state index in [0.717, 1.165) is 5.69 Å². The Bertz CT molecular complexity index is 622. The summed E-state index contributed by atoms with van der Waals surface area (Å²) < 4.78 is 15.3. The van der Waals surface area contributed by atoms with E-state index in [1.807, 2.05) is 13.8 Å². The Balaban J connectivity index is 2.25. The Hall–Kier alpha value is -1.68. The van der Waals surface area contributed by atoms with E-state index in [1.54, 1.807) is 16.8 Å². The van der Waals surface area contributed by atoms with E-state index >= 15 is 0 Å². The van der Waals surface area contributed by atoms with Crippen LogP contribution in [0.15, 0.2) is 24.3 Å². The van der Waals surface area contributed by atoms with Gasteiger partial charge >= 0.3 is 0 Å². The topological polar surface area (TPSA) is 34.9 Å². The number of aromatic nitrogens is 2. The van der Waals surface area contributed by atoms with E-state index in [0.29, 0.717) is 22.8 Å². The highest BCUT2D eigenvalue weighted by atomic mass is 35.5. The summed E-state index contributed by atoms with van der Waals surface area (Å²) in [6, 6.07) is 6.05. The first-order valence-corrected chi connectivity index (χ1v) is 6.40. The van der Waals surface area contributed by atoms with Crippen LogP contribution in [0.2, 0.25) is 5.02 Å². The molecule has 0 atom stereocenters. The fourth-order valence-electron chi connectivity index (χ4n) is 1.94. The van der Waals surface area contributed by atoms with Gasteiger partial charge < -0.3 is 0 Å². The van der Waals surface area contributed by atoms with Gasteiger partial charge in [0.25, 0.3) is 0 Å². The molecule has 0 N–H and O–H groups in total.